The van der Waals surface area contributed by atoms with Crippen LogP contribution in [0.4, 0.5) is 5.69 Å². The van der Waals surface area contributed by atoms with Crippen molar-refractivity contribution in [3.05, 3.63) is 58.9 Å². The number of nitrogens with one attached hydrogen (secondary N) is 1. The lowest BCUT2D eigenvalue weighted by Gasteiger charge is -2.19. The Bertz CT molecular complexity index is 860. The molecule has 1 aliphatic heterocycles. The molecule has 24 heavy (non-hydrogen) atoms. The number of carbonyl (C=O) groups excluding carboxylic acids is 1. The fourth-order valence-electron chi connectivity index (χ4n) is 2.43. The quantitative estimate of drug-likeness (QED) is 0.788. The van der Waals surface area contributed by atoms with Gasteiger partial charge >= 0.3 is 0 Å². The van der Waals surface area contributed by atoms with Crippen LogP contribution >= 0.6 is 11.3 Å². The lowest BCUT2D eigenvalue weighted by atomic mass is 10.2. The highest BCUT2D eigenvalue weighted by atomic mass is 32.1. The third-order valence-corrected chi connectivity index (χ3v) is 4.33. The number of rotatable bonds is 3. The average Bonchev–Trinajstić information content (AvgIpc) is 3.16. The summed E-state index contributed by atoms with van der Waals surface area (Å²) >= 11 is 1.62. The number of hydrogen-bond donors (Lipinski definition) is 1. The Hall–Kier alpha value is -2.86. The van der Waals surface area contributed by atoms with Gasteiger partial charge in [-0.2, -0.15) is 11.3 Å². The summed E-state index contributed by atoms with van der Waals surface area (Å²) in [5, 5.41) is 6.87. The van der Waals surface area contributed by atoms with E-state index < -0.39 is 0 Å². The van der Waals surface area contributed by atoms with Gasteiger partial charge in [0, 0.05) is 28.9 Å². The van der Waals surface area contributed by atoms with Crippen LogP contribution < -0.4 is 14.8 Å². The zero-order valence-electron chi connectivity index (χ0n) is 12.7. The molecule has 3 aromatic rings. The van der Waals surface area contributed by atoms with E-state index in [1.807, 2.05) is 22.9 Å². The summed E-state index contributed by atoms with van der Waals surface area (Å²) in [5.41, 5.74) is 3.07. The van der Waals surface area contributed by atoms with Crippen LogP contribution in [0.25, 0.3) is 11.3 Å². The van der Waals surface area contributed by atoms with Crippen molar-refractivity contribution in [1.82, 2.24) is 4.98 Å². The first-order valence-electron chi connectivity index (χ1n) is 7.49. The summed E-state index contributed by atoms with van der Waals surface area (Å²) in [6, 6.07) is 11.0. The van der Waals surface area contributed by atoms with E-state index in [1.165, 1.54) is 0 Å². The maximum absolute atomic E-state index is 12.4. The SMILES string of the molecule is O=C(Nc1ccc2c(c1)OCCO2)c1ccc(-c2ccsc2)nc1. The molecule has 0 fully saturated rings. The van der Waals surface area contributed by atoms with Crippen LogP contribution in [0.2, 0.25) is 0 Å². The van der Waals surface area contributed by atoms with Crippen molar-refractivity contribution in [2.75, 3.05) is 18.5 Å². The highest BCUT2D eigenvalue weighted by Crippen LogP contribution is 2.32. The van der Waals surface area contributed by atoms with Crippen LogP contribution in [0.1, 0.15) is 10.4 Å². The molecule has 0 radical (unpaired) electrons. The number of hydrogen-bond acceptors (Lipinski definition) is 5. The van der Waals surface area contributed by atoms with Crippen molar-refractivity contribution in [2.24, 2.45) is 0 Å². The van der Waals surface area contributed by atoms with Crippen LogP contribution in [0.15, 0.2) is 53.4 Å². The third kappa shape index (κ3) is 2.96. The molecule has 1 aromatic carbocycles. The monoisotopic (exact) mass is 338 g/mol. The smallest absolute Gasteiger partial charge is 0.257 e. The summed E-state index contributed by atoms with van der Waals surface area (Å²) in [7, 11) is 0. The first kappa shape index (κ1) is 14.7. The van der Waals surface area contributed by atoms with Gasteiger partial charge in [0.1, 0.15) is 13.2 Å². The largest absolute Gasteiger partial charge is 0.486 e. The van der Waals surface area contributed by atoms with Crippen molar-refractivity contribution in [3.8, 4) is 22.8 Å². The molecule has 0 unspecified atom stereocenters. The molecule has 1 aliphatic rings. The summed E-state index contributed by atoms with van der Waals surface area (Å²) < 4.78 is 11.0. The number of ether oxygens (including phenoxy) is 2. The molecule has 3 heterocycles. The summed E-state index contributed by atoms with van der Waals surface area (Å²) in [5.74, 6) is 1.13. The van der Waals surface area contributed by atoms with E-state index in [4.69, 9.17) is 9.47 Å². The van der Waals surface area contributed by atoms with Gasteiger partial charge in [-0.25, -0.2) is 0 Å². The molecule has 4 rings (SSSR count). The fraction of sp³-hybridized carbons (Fsp3) is 0.111. The number of pyridine rings is 1. The molecule has 1 amide bonds. The standard InChI is InChI=1S/C18H14N2O3S/c21-18(12-1-3-15(19-10-12)13-5-8-24-11-13)20-14-2-4-16-17(9-14)23-7-6-22-16/h1-5,8-11H,6-7H2,(H,20,21). The van der Waals surface area contributed by atoms with Crippen LogP contribution in [0, 0.1) is 0 Å². The van der Waals surface area contributed by atoms with E-state index in [0.29, 0.717) is 36.0 Å². The molecule has 2 aromatic heterocycles. The lowest BCUT2D eigenvalue weighted by molar-refractivity contribution is 0.102. The maximum Gasteiger partial charge on any atom is 0.257 e. The van der Waals surface area contributed by atoms with Gasteiger partial charge in [0.05, 0.1) is 11.3 Å². The van der Waals surface area contributed by atoms with Gasteiger partial charge in [0.2, 0.25) is 0 Å². The van der Waals surface area contributed by atoms with E-state index in [9.17, 15) is 4.79 Å². The number of benzene rings is 1. The molecule has 5 nitrogen and oxygen atoms in total. The maximum atomic E-state index is 12.4. The molecule has 0 bridgehead atoms. The molecule has 0 saturated carbocycles. The predicted octanol–water partition coefficient (Wildman–Crippen LogP) is 3.83. The van der Waals surface area contributed by atoms with Crippen molar-refractivity contribution < 1.29 is 14.3 Å². The minimum Gasteiger partial charge on any atom is -0.486 e. The molecule has 0 spiro atoms. The summed E-state index contributed by atoms with van der Waals surface area (Å²) in [6.45, 7) is 1.05. The second-order valence-corrected chi connectivity index (χ2v) is 6.04. The minimum atomic E-state index is -0.212. The van der Waals surface area contributed by atoms with Crippen molar-refractivity contribution in [2.45, 2.75) is 0 Å². The van der Waals surface area contributed by atoms with Crippen LogP contribution in [0.3, 0.4) is 0 Å². The van der Waals surface area contributed by atoms with E-state index in [1.54, 1.807) is 41.8 Å². The molecule has 1 N–H and O–H groups in total. The second kappa shape index (κ2) is 6.33. The number of nitrogens with zero attached hydrogens (tertiary/aromatic N) is 1. The zero-order valence-corrected chi connectivity index (χ0v) is 13.5. The predicted molar refractivity (Wildman–Crippen MR) is 92.9 cm³/mol. The highest BCUT2D eigenvalue weighted by molar-refractivity contribution is 7.08. The summed E-state index contributed by atoms with van der Waals surface area (Å²) in [6.07, 6.45) is 1.58. The van der Waals surface area contributed by atoms with Crippen molar-refractivity contribution in [3.63, 3.8) is 0 Å². The molecular formula is C18H14N2O3S. The average molecular weight is 338 g/mol. The highest BCUT2D eigenvalue weighted by Gasteiger charge is 2.13. The topological polar surface area (TPSA) is 60.5 Å². The van der Waals surface area contributed by atoms with Crippen LogP contribution in [0.5, 0.6) is 11.5 Å². The molecule has 120 valence electrons. The normalized spacial score (nSPS) is 12.7. The van der Waals surface area contributed by atoms with E-state index >= 15 is 0 Å². The van der Waals surface area contributed by atoms with Gasteiger partial charge < -0.3 is 14.8 Å². The molecular weight excluding hydrogens is 324 g/mol. The Morgan fingerprint density at radius 3 is 2.71 bits per heavy atom. The summed E-state index contributed by atoms with van der Waals surface area (Å²) in [4.78, 5) is 16.7. The van der Waals surface area contributed by atoms with Crippen molar-refractivity contribution >= 4 is 22.9 Å². The minimum absolute atomic E-state index is 0.212. The Morgan fingerprint density at radius 1 is 1.08 bits per heavy atom. The Morgan fingerprint density at radius 2 is 1.96 bits per heavy atom. The molecule has 0 saturated heterocycles. The number of amides is 1. The van der Waals surface area contributed by atoms with Gasteiger partial charge in [0.15, 0.2) is 11.5 Å². The number of carbonyl (C=O) groups is 1. The van der Waals surface area contributed by atoms with Crippen molar-refractivity contribution in [1.29, 1.82) is 0 Å². The van der Waals surface area contributed by atoms with Gasteiger partial charge in [-0.05, 0) is 35.7 Å². The number of thiophene rings is 1. The van der Waals surface area contributed by atoms with Crippen LogP contribution in [-0.2, 0) is 0 Å². The Labute approximate surface area is 142 Å². The first-order valence-corrected chi connectivity index (χ1v) is 8.43. The van der Waals surface area contributed by atoms with E-state index in [0.717, 1.165) is 11.3 Å². The molecule has 0 aliphatic carbocycles. The number of anilines is 1. The Kier molecular flexibility index (Phi) is 3.88. The van der Waals surface area contributed by atoms with Gasteiger partial charge in [-0.3, -0.25) is 9.78 Å². The zero-order chi connectivity index (χ0) is 16.4. The van der Waals surface area contributed by atoms with Gasteiger partial charge in [-0.15, -0.1) is 0 Å². The second-order valence-electron chi connectivity index (χ2n) is 5.26. The van der Waals surface area contributed by atoms with Crippen LogP contribution in [-0.4, -0.2) is 24.1 Å². The lowest BCUT2D eigenvalue weighted by Crippen LogP contribution is -2.16. The number of fused-ring (bicyclic) bond motifs is 1. The molecule has 6 heteroatoms. The third-order valence-electron chi connectivity index (χ3n) is 3.64. The molecule has 0 atom stereocenters. The van der Waals surface area contributed by atoms with E-state index in [2.05, 4.69) is 10.3 Å². The Balaban J connectivity index is 1.50. The first-order chi connectivity index (χ1) is 11.8. The van der Waals surface area contributed by atoms with Gasteiger partial charge in [0.25, 0.3) is 5.91 Å². The fourth-order valence-corrected chi connectivity index (χ4v) is 3.08. The van der Waals surface area contributed by atoms with Gasteiger partial charge in [-0.1, -0.05) is 0 Å². The number of aromatic nitrogens is 1. The van der Waals surface area contributed by atoms with E-state index in [-0.39, 0.29) is 5.91 Å².